The summed E-state index contributed by atoms with van der Waals surface area (Å²) >= 11 is 0. The van der Waals surface area contributed by atoms with Gasteiger partial charge in [-0.1, -0.05) is 118 Å². The maximum Gasteiger partial charge on any atom is 0.0899 e. The van der Waals surface area contributed by atoms with Gasteiger partial charge in [0.25, 0.3) is 0 Å². The minimum atomic E-state index is -0.957. The lowest BCUT2D eigenvalue weighted by Gasteiger charge is -2.37. The maximum atomic E-state index is 9.60. The highest BCUT2D eigenvalue weighted by Gasteiger charge is 2.37. The quantitative estimate of drug-likeness (QED) is 0.117. The fourth-order valence-corrected chi connectivity index (χ4v) is 4.01. The Hall–Kier alpha value is -0.400. The average molecular weight is 731 g/mol. The second-order valence-corrected chi connectivity index (χ2v) is 19.2. The van der Waals surface area contributed by atoms with E-state index in [9.17, 15) is 25.5 Å². The molecule has 10 nitrogen and oxygen atoms in total. The molecule has 0 heterocycles. The van der Waals surface area contributed by atoms with Gasteiger partial charge in [0, 0.05) is 0 Å². The van der Waals surface area contributed by atoms with E-state index in [1.54, 1.807) is 20.8 Å². The normalized spacial score (nSPS) is 18.5. The molecule has 7 atom stereocenters. The summed E-state index contributed by atoms with van der Waals surface area (Å²) in [6.45, 7) is 38.3. The fraction of sp³-hybridized carbons (Fsp3) is 1.00. The van der Waals surface area contributed by atoms with Crippen molar-refractivity contribution >= 4 is 0 Å². The minimum Gasteiger partial charge on any atom is -0.394 e. The monoisotopic (exact) mass is 731 g/mol. The Morgan fingerprint density at radius 2 is 0.940 bits per heavy atom. The molecule has 0 aromatic rings. The first-order valence-electron chi connectivity index (χ1n) is 18.4. The van der Waals surface area contributed by atoms with E-state index in [0.717, 1.165) is 6.42 Å². The van der Waals surface area contributed by atoms with Gasteiger partial charge >= 0.3 is 0 Å². The lowest BCUT2D eigenvalue weighted by molar-refractivity contribution is -0.0892. The molecular weight excluding hydrogens is 640 g/mol. The summed E-state index contributed by atoms with van der Waals surface area (Å²) in [5, 5.41) is 90.6. The van der Waals surface area contributed by atoms with Gasteiger partial charge in [0.2, 0.25) is 0 Å². The summed E-state index contributed by atoms with van der Waals surface area (Å²) < 4.78 is 0. The molecule has 0 aliphatic carbocycles. The minimum absolute atomic E-state index is 0.0716. The van der Waals surface area contributed by atoms with E-state index < -0.39 is 29.0 Å². The van der Waals surface area contributed by atoms with Crippen LogP contribution in [-0.2, 0) is 0 Å². The molecule has 0 aromatic carbocycles. The van der Waals surface area contributed by atoms with Gasteiger partial charge < -0.3 is 51.1 Å². The first-order valence-corrected chi connectivity index (χ1v) is 18.4. The third-order valence-electron chi connectivity index (χ3n) is 10.9. The molecule has 310 valence electrons. The third-order valence-corrected chi connectivity index (χ3v) is 10.9. The van der Waals surface area contributed by atoms with E-state index in [-0.39, 0.29) is 66.5 Å². The zero-order valence-electron chi connectivity index (χ0n) is 36.4. The molecule has 0 spiro atoms. The molecule has 0 saturated carbocycles. The van der Waals surface area contributed by atoms with Gasteiger partial charge in [-0.2, -0.15) is 0 Å². The van der Waals surface area contributed by atoms with Gasteiger partial charge in [0.05, 0.1) is 62.0 Å². The molecule has 0 amide bonds. The smallest absolute Gasteiger partial charge is 0.0899 e. The van der Waals surface area contributed by atoms with E-state index in [1.165, 1.54) is 0 Å². The average Bonchev–Trinajstić information content (AvgIpc) is 2.98. The van der Waals surface area contributed by atoms with Crippen LogP contribution in [0, 0.1) is 45.3 Å². The van der Waals surface area contributed by atoms with Crippen molar-refractivity contribution in [3.63, 3.8) is 0 Å². The highest BCUT2D eigenvalue weighted by Crippen LogP contribution is 2.33. The number of aliphatic hydroxyl groups excluding tert-OH is 7. The lowest BCUT2D eigenvalue weighted by Crippen LogP contribution is -2.44. The Morgan fingerprint density at radius 3 is 1.04 bits per heavy atom. The van der Waals surface area contributed by atoms with Crippen molar-refractivity contribution in [1.82, 2.24) is 0 Å². The predicted octanol–water partition coefficient (Wildman–Crippen LogP) is 5.40. The van der Waals surface area contributed by atoms with Crippen LogP contribution in [0.15, 0.2) is 0 Å². The Labute approximate surface area is 309 Å². The second-order valence-electron chi connectivity index (χ2n) is 19.2. The van der Waals surface area contributed by atoms with Crippen molar-refractivity contribution in [2.45, 2.75) is 180 Å². The maximum absolute atomic E-state index is 9.60. The van der Waals surface area contributed by atoms with Crippen LogP contribution in [0.5, 0.6) is 0 Å². The van der Waals surface area contributed by atoms with Crippen LogP contribution in [0.3, 0.4) is 0 Å². The van der Waals surface area contributed by atoms with Gasteiger partial charge in [-0.05, 0) is 78.9 Å². The van der Waals surface area contributed by atoms with E-state index in [2.05, 4.69) is 20.8 Å². The summed E-state index contributed by atoms with van der Waals surface area (Å²) in [5.74, 6) is 1.06. The molecule has 0 radical (unpaired) electrons. The van der Waals surface area contributed by atoms with Crippen molar-refractivity contribution < 1.29 is 51.1 Å². The van der Waals surface area contributed by atoms with Gasteiger partial charge in [-0.25, -0.2) is 0 Å². The van der Waals surface area contributed by atoms with Crippen molar-refractivity contribution in [3.05, 3.63) is 0 Å². The van der Waals surface area contributed by atoms with Crippen molar-refractivity contribution in [1.29, 1.82) is 0 Å². The van der Waals surface area contributed by atoms with E-state index >= 15 is 0 Å². The van der Waals surface area contributed by atoms with Gasteiger partial charge in [-0.3, -0.25) is 0 Å². The summed E-state index contributed by atoms with van der Waals surface area (Å²) in [5.41, 5.74) is -3.04. The predicted molar refractivity (Wildman–Crippen MR) is 209 cm³/mol. The first kappa shape index (κ1) is 58.9. The largest absolute Gasteiger partial charge is 0.394 e. The van der Waals surface area contributed by atoms with E-state index in [0.29, 0.717) is 18.3 Å². The Bertz CT molecular complexity index is 789. The van der Waals surface area contributed by atoms with Crippen LogP contribution in [0.1, 0.15) is 151 Å². The SMILES string of the molecule is CC(C(O)CO)C(C)(C)C.CC(C)(C)CC(C)(O)CO.CC(C)C(C)(C)C(O)CO.CC(C)C(C)C(C)(O)CO.CCC(C)(C)C(C)(O)CO. The summed E-state index contributed by atoms with van der Waals surface area (Å²) in [6, 6.07) is 0. The van der Waals surface area contributed by atoms with E-state index in [1.807, 2.05) is 96.9 Å². The van der Waals surface area contributed by atoms with Crippen LogP contribution in [0.25, 0.3) is 0 Å². The van der Waals surface area contributed by atoms with Crippen LogP contribution in [0.2, 0.25) is 0 Å². The topological polar surface area (TPSA) is 202 Å². The van der Waals surface area contributed by atoms with Gasteiger partial charge in [0.1, 0.15) is 0 Å². The number of rotatable bonds is 13. The molecule has 0 rings (SSSR count). The molecule has 0 aliphatic rings. The molecule has 0 aliphatic heterocycles. The van der Waals surface area contributed by atoms with Gasteiger partial charge in [-0.15, -0.1) is 0 Å². The Morgan fingerprint density at radius 1 is 0.540 bits per heavy atom. The molecule has 10 N–H and O–H groups in total. The summed E-state index contributed by atoms with van der Waals surface area (Å²) in [6.07, 6.45) is 0.296. The summed E-state index contributed by atoms with van der Waals surface area (Å²) in [4.78, 5) is 0. The van der Waals surface area contributed by atoms with Crippen LogP contribution < -0.4 is 0 Å². The van der Waals surface area contributed by atoms with Gasteiger partial charge in [0.15, 0.2) is 0 Å². The Kier molecular flexibility index (Phi) is 29.2. The number of hydrogen-bond donors (Lipinski definition) is 10. The first-order chi connectivity index (χ1) is 21.9. The van der Waals surface area contributed by atoms with Crippen LogP contribution >= 0.6 is 0 Å². The Balaban J connectivity index is -0.000000169. The molecule has 10 heteroatoms. The fourth-order valence-electron chi connectivity index (χ4n) is 4.01. The summed E-state index contributed by atoms with van der Waals surface area (Å²) in [7, 11) is 0. The molecule has 50 heavy (non-hydrogen) atoms. The van der Waals surface area contributed by atoms with Crippen molar-refractivity contribution in [2.75, 3.05) is 33.0 Å². The number of hydrogen-bond acceptors (Lipinski definition) is 10. The molecular formula is C40H90O10. The standard InChI is InChI=1S/5C8H18O2/c1-7(2,3)5-8(4,10)6-9;1-6(7(10)5-9)8(2,3)4;1-6(2)8(3,4)7(10)5-9;1-6(2)7(3)8(4,10)5-9;1-5-7(2,3)8(4,10)6-9/h9-10H,5-6H2,1-4H3;3*6-7,9-10H,5H2,1-4H3;9-10H,5-6H2,1-4H3. The molecule has 7 unspecified atom stereocenters. The molecule has 0 aromatic heterocycles. The zero-order chi connectivity index (χ0) is 41.9. The van der Waals surface area contributed by atoms with Crippen LogP contribution in [-0.4, -0.2) is 113 Å². The molecule has 0 fully saturated rings. The van der Waals surface area contributed by atoms with Crippen LogP contribution in [0.4, 0.5) is 0 Å². The van der Waals surface area contributed by atoms with E-state index in [4.69, 9.17) is 25.5 Å². The zero-order valence-corrected chi connectivity index (χ0v) is 36.4. The second kappa shape index (κ2) is 24.8. The third kappa shape index (κ3) is 26.4. The number of aliphatic hydroxyl groups is 10. The molecule has 0 bridgehead atoms. The highest BCUT2D eigenvalue weighted by molar-refractivity contribution is 4.88. The highest BCUT2D eigenvalue weighted by atomic mass is 16.3. The van der Waals surface area contributed by atoms with Crippen molar-refractivity contribution in [2.24, 2.45) is 45.3 Å². The van der Waals surface area contributed by atoms with Crippen molar-refractivity contribution in [3.8, 4) is 0 Å². The molecule has 0 saturated heterocycles. The lowest BCUT2D eigenvalue weighted by atomic mass is 9.74.